The Bertz CT molecular complexity index is 503. The Morgan fingerprint density at radius 1 is 1.44 bits per heavy atom. The minimum atomic E-state index is -0.451. The van der Waals surface area contributed by atoms with Gasteiger partial charge in [0.1, 0.15) is 0 Å². The van der Waals surface area contributed by atoms with Gasteiger partial charge in [0.2, 0.25) is 5.91 Å². The van der Waals surface area contributed by atoms with Crippen molar-refractivity contribution < 1.29 is 4.79 Å². The summed E-state index contributed by atoms with van der Waals surface area (Å²) in [5, 5.41) is 6.14. The van der Waals surface area contributed by atoms with E-state index in [1.54, 1.807) is 0 Å². The average molecular weight is 212 g/mol. The van der Waals surface area contributed by atoms with Gasteiger partial charge in [-0.2, -0.15) is 0 Å². The van der Waals surface area contributed by atoms with Crippen LogP contribution < -0.4 is 10.6 Å². The molecule has 1 aromatic rings. The first-order chi connectivity index (χ1) is 7.76. The zero-order valence-electron chi connectivity index (χ0n) is 8.79. The summed E-state index contributed by atoms with van der Waals surface area (Å²) in [4.78, 5) is 12.1. The fourth-order valence-corrected chi connectivity index (χ4v) is 2.66. The number of nitrogens with one attached hydrogen (secondary N) is 2. The molecule has 80 valence electrons. The minimum Gasteiger partial charge on any atom is -0.325 e. The second-order valence-corrected chi connectivity index (χ2v) is 4.39. The fourth-order valence-electron chi connectivity index (χ4n) is 2.66. The predicted octanol–water partition coefficient (Wildman–Crippen LogP) is 0.872. The lowest BCUT2D eigenvalue weighted by molar-refractivity contribution is -0.120. The summed E-state index contributed by atoms with van der Waals surface area (Å²) in [6.07, 6.45) is 6.09. The first-order valence-electron chi connectivity index (χ1n) is 5.37. The lowest BCUT2D eigenvalue weighted by Gasteiger charge is -2.19. The first kappa shape index (κ1) is 9.44. The zero-order valence-corrected chi connectivity index (χ0v) is 8.79. The average Bonchev–Trinajstić information content (AvgIpc) is 2.85. The van der Waals surface area contributed by atoms with Crippen LogP contribution in [0.4, 0.5) is 5.69 Å². The standard InChI is InChI=1S/C13H12N2O/c1-2-9-7-13(8-14-9)10-5-3-4-6-11(10)15-12(13)16/h1,3-6,9,14H,7-8H2,(H,15,16)/t9-,13+/m1/s1. The van der Waals surface area contributed by atoms with E-state index in [2.05, 4.69) is 16.6 Å². The van der Waals surface area contributed by atoms with E-state index in [0.29, 0.717) is 13.0 Å². The van der Waals surface area contributed by atoms with Crippen LogP contribution in [0.15, 0.2) is 24.3 Å². The molecule has 0 radical (unpaired) electrons. The van der Waals surface area contributed by atoms with E-state index in [-0.39, 0.29) is 11.9 Å². The second-order valence-electron chi connectivity index (χ2n) is 4.39. The highest BCUT2D eigenvalue weighted by Gasteiger charge is 2.51. The van der Waals surface area contributed by atoms with Crippen molar-refractivity contribution in [3.8, 4) is 12.3 Å². The van der Waals surface area contributed by atoms with Gasteiger partial charge in [0.15, 0.2) is 0 Å². The number of hydrogen-bond acceptors (Lipinski definition) is 2. The van der Waals surface area contributed by atoms with E-state index in [1.165, 1.54) is 0 Å². The smallest absolute Gasteiger partial charge is 0.236 e. The number of terminal acetylenes is 1. The lowest BCUT2D eigenvalue weighted by atomic mass is 9.80. The van der Waals surface area contributed by atoms with Crippen LogP contribution in [0, 0.1) is 12.3 Å². The Morgan fingerprint density at radius 3 is 3.00 bits per heavy atom. The van der Waals surface area contributed by atoms with Gasteiger partial charge in [-0.05, 0) is 18.1 Å². The number of para-hydroxylation sites is 1. The molecule has 3 rings (SSSR count). The first-order valence-corrected chi connectivity index (χ1v) is 5.37. The van der Waals surface area contributed by atoms with E-state index < -0.39 is 5.41 Å². The molecule has 0 unspecified atom stereocenters. The Labute approximate surface area is 94.2 Å². The monoisotopic (exact) mass is 212 g/mol. The normalized spacial score (nSPS) is 31.2. The highest BCUT2D eigenvalue weighted by molar-refractivity contribution is 6.06. The molecule has 16 heavy (non-hydrogen) atoms. The quantitative estimate of drug-likeness (QED) is 0.627. The molecule has 1 saturated heterocycles. The highest BCUT2D eigenvalue weighted by atomic mass is 16.2. The summed E-state index contributed by atoms with van der Waals surface area (Å²) in [7, 11) is 0. The number of carbonyl (C=O) groups excluding carboxylic acids is 1. The molecule has 2 atom stereocenters. The molecule has 2 aliphatic rings. The SMILES string of the molecule is C#C[C@@H]1C[C@@]2(CN1)C(=O)Nc1ccccc12. The van der Waals surface area contributed by atoms with Gasteiger partial charge >= 0.3 is 0 Å². The molecule has 0 aromatic heterocycles. The molecule has 1 aromatic carbocycles. The number of hydrogen-bond donors (Lipinski definition) is 2. The fraction of sp³-hybridized carbons (Fsp3) is 0.308. The third kappa shape index (κ3) is 1.05. The highest BCUT2D eigenvalue weighted by Crippen LogP contribution is 2.42. The summed E-state index contributed by atoms with van der Waals surface area (Å²) in [6, 6.07) is 7.83. The number of benzene rings is 1. The molecule has 2 heterocycles. The third-order valence-electron chi connectivity index (χ3n) is 3.53. The topological polar surface area (TPSA) is 41.1 Å². The van der Waals surface area contributed by atoms with Crippen LogP contribution in [0.3, 0.4) is 0 Å². The molecule has 1 amide bonds. The predicted molar refractivity (Wildman–Crippen MR) is 62.0 cm³/mol. The van der Waals surface area contributed by atoms with Gasteiger partial charge in [0.05, 0.1) is 11.5 Å². The lowest BCUT2D eigenvalue weighted by Crippen LogP contribution is -2.36. The van der Waals surface area contributed by atoms with Crippen molar-refractivity contribution in [2.24, 2.45) is 0 Å². The van der Waals surface area contributed by atoms with Crippen molar-refractivity contribution in [1.82, 2.24) is 5.32 Å². The number of carbonyl (C=O) groups is 1. The molecule has 0 aliphatic carbocycles. The van der Waals surface area contributed by atoms with Gasteiger partial charge in [-0.15, -0.1) is 6.42 Å². The van der Waals surface area contributed by atoms with Crippen LogP contribution >= 0.6 is 0 Å². The van der Waals surface area contributed by atoms with Gasteiger partial charge in [-0.1, -0.05) is 24.1 Å². The van der Waals surface area contributed by atoms with Crippen molar-refractivity contribution >= 4 is 11.6 Å². The Kier molecular flexibility index (Phi) is 1.83. The van der Waals surface area contributed by atoms with E-state index in [0.717, 1.165) is 11.3 Å². The molecule has 3 heteroatoms. The largest absolute Gasteiger partial charge is 0.325 e. The van der Waals surface area contributed by atoms with Crippen LogP contribution in [0.25, 0.3) is 0 Å². The van der Waals surface area contributed by atoms with Crippen molar-refractivity contribution in [3.05, 3.63) is 29.8 Å². The maximum absolute atomic E-state index is 12.1. The van der Waals surface area contributed by atoms with Crippen LogP contribution in [0.5, 0.6) is 0 Å². The molecule has 2 N–H and O–H groups in total. The van der Waals surface area contributed by atoms with E-state index >= 15 is 0 Å². The van der Waals surface area contributed by atoms with Gasteiger partial charge in [0, 0.05) is 12.2 Å². The van der Waals surface area contributed by atoms with Crippen LogP contribution in [0.2, 0.25) is 0 Å². The second kappa shape index (κ2) is 3.10. The molecule has 3 nitrogen and oxygen atoms in total. The Hall–Kier alpha value is -1.79. The van der Waals surface area contributed by atoms with Gasteiger partial charge in [0.25, 0.3) is 0 Å². The third-order valence-corrected chi connectivity index (χ3v) is 3.53. The molecular weight excluding hydrogens is 200 g/mol. The summed E-state index contributed by atoms with van der Waals surface area (Å²) >= 11 is 0. The van der Waals surface area contributed by atoms with Gasteiger partial charge in [-0.25, -0.2) is 0 Å². The molecular formula is C13H12N2O. The zero-order chi connectivity index (χ0) is 11.2. The molecule has 0 saturated carbocycles. The van der Waals surface area contributed by atoms with Gasteiger partial charge in [-0.3, -0.25) is 4.79 Å². The van der Waals surface area contributed by atoms with Crippen LogP contribution in [0.1, 0.15) is 12.0 Å². The van der Waals surface area contributed by atoms with Crippen LogP contribution in [-0.2, 0) is 10.2 Å². The van der Waals surface area contributed by atoms with Crippen molar-refractivity contribution in [2.75, 3.05) is 11.9 Å². The number of amides is 1. The Balaban J connectivity index is 2.09. The number of rotatable bonds is 0. The summed E-state index contributed by atoms with van der Waals surface area (Å²) < 4.78 is 0. The van der Waals surface area contributed by atoms with Crippen molar-refractivity contribution in [3.63, 3.8) is 0 Å². The maximum Gasteiger partial charge on any atom is 0.236 e. The summed E-state index contributed by atoms with van der Waals surface area (Å²) in [6.45, 7) is 0.630. The molecule has 0 bridgehead atoms. The number of fused-ring (bicyclic) bond motifs is 2. The van der Waals surface area contributed by atoms with E-state index in [9.17, 15) is 4.79 Å². The van der Waals surface area contributed by atoms with E-state index in [1.807, 2.05) is 24.3 Å². The summed E-state index contributed by atoms with van der Waals surface area (Å²) in [5.74, 6) is 2.74. The minimum absolute atomic E-state index is 0.00286. The van der Waals surface area contributed by atoms with Crippen LogP contribution in [-0.4, -0.2) is 18.5 Å². The van der Waals surface area contributed by atoms with E-state index in [4.69, 9.17) is 6.42 Å². The molecule has 2 aliphatic heterocycles. The number of anilines is 1. The molecule has 1 fully saturated rings. The maximum atomic E-state index is 12.1. The van der Waals surface area contributed by atoms with Crippen molar-refractivity contribution in [1.29, 1.82) is 0 Å². The molecule has 1 spiro atoms. The Morgan fingerprint density at radius 2 is 2.25 bits per heavy atom. The summed E-state index contributed by atoms with van der Waals surface area (Å²) in [5.41, 5.74) is 1.55. The van der Waals surface area contributed by atoms with Crippen molar-refractivity contribution in [2.45, 2.75) is 17.9 Å². The van der Waals surface area contributed by atoms with Gasteiger partial charge < -0.3 is 10.6 Å².